The number of fused-ring (bicyclic) bond motifs is 3. The Kier molecular flexibility index (Phi) is 5.57. The van der Waals surface area contributed by atoms with E-state index in [0.717, 1.165) is 45.0 Å². The highest BCUT2D eigenvalue weighted by Crippen LogP contribution is 2.31. The first-order valence-corrected chi connectivity index (χ1v) is 12.4. The summed E-state index contributed by atoms with van der Waals surface area (Å²) in [5, 5.41) is 10.6. The minimum atomic E-state index is -0.00433. The second-order valence-corrected chi connectivity index (χ2v) is 9.72. The van der Waals surface area contributed by atoms with Crippen molar-refractivity contribution in [3.63, 3.8) is 0 Å². The van der Waals surface area contributed by atoms with Gasteiger partial charge in [0.15, 0.2) is 11.5 Å². The third-order valence-electron chi connectivity index (χ3n) is 6.75. The smallest absolute Gasteiger partial charge is 0.254 e. The molecule has 3 heterocycles. The highest BCUT2D eigenvalue weighted by Gasteiger charge is 2.31. The average Bonchev–Trinajstić information content (AvgIpc) is 3.33. The van der Waals surface area contributed by atoms with Crippen molar-refractivity contribution in [1.82, 2.24) is 24.5 Å². The maximum Gasteiger partial charge on any atom is 0.254 e. The molecule has 7 nitrogen and oxygen atoms in total. The van der Waals surface area contributed by atoms with E-state index < -0.39 is 0 Å². The van der Waals surface area contributed by atoms with Gasteiger partial charge in [0, 0.05) is 47.2 Å². The Labute approximate surface area is 214 Å². The van der Waals surface area contributed by atoms with Crippen LogP contribution in [0.5, 0.6) is 0 Å². The number of hydrogen-bond acceptors (Lipinski definition) is 5. The van der Waals surface area contributed by atoms with Crippen molar-refractivity contribution in [3.05, 3.63) is 88.9 Å². The molecule has 0 saturated carbocycles. The van der Waals surface area contributed by atoms with Crippen LogP contribution in [0.4, 0.5) is 5.95 Å². The second-order valence-electron chi connectivity index (χ2n) is 9.28. The SMILES string of the molecule is Cc1cccc(C(=O)N2CCN(c3nc4cc(Cl)ccc4c4nnc(-c5ccccc5)n34)CC2C)c1. The Morgan fingerprint density at radius 1 is 0.972 bits per heavy atom. The summed E-state index contributed by atoms with van der Waals surface area (Å²) in [5.41, 5.74) is 4.26. The van der Waals surface area contributed by atoms with Crippen molar-refractivity contribution in [2.24, 2.45) is 0 Å². The van der Waals surface area contributed by atoms with Crippen LogP contribution in [-0.2, 0) is 0 Å². The Morgan fingerprint density at radius 2 is 1.81 bits per heavy atom. The number of halogens is 1. The molecular formula is C28H25ClN6O. The summed E-state index contributed by atoms with van der Waals surface area (Å²) in [7, 11) is 0. The summed E-state index contributed by atoms with van der Waals surface area (Å²) in [5.74, 6) is 1.54. The third-order valence-corrected chi connectivity index (χ3v) is 6.99. The van der Waals surface area contributed by atoms with Gasteiger partial charge in [-0.2, -0.15) is 0 Å². The van der Waals surface area contributed by atoms with Gasteiger partial charge in [-0.1, -0.05) is 59.6 Å². The van der Waals surface area contributed by atoms with E-state index in [-0.39, 0.29) is 11.9 Å². The van der Waals surface area contributed by atoms with Crippen LogP contribution in [-0.4, -0.2) is 56.1 Å². The Bertz CT molecular complexity index is 1600. The number of rotatable bonds is 3. The third kappa shape index (κ3) is 3.85. The molecule has 1 amide bonds. The second kappa shape index (κ2) is 8.91. The Balaban J connectivity index is 1.42. The van der Waals surface area contributed by atoms with Crippen LogP contribution in [0, 0.1) is 6.92 Å². The zero-order chi connectivity index (χ0) is 24.8. The quantitative estimate of drug-likeness (QED) is 0.341. The molecule has 0 aliphatic carbocycles. The van der Waals surface area contributed by atoms with Crippen molar-refractivity contribution < 1.29 is 4.79 Å². The fraction of sp³-hybridized carbons (Fsp3) is 0.214. The first kappa shape index (κ1) is 22.5. The summed E-state index contributed by atoms with van der Waals surface area (Å²) in [4.78, 5) is 22.5. The molecule has 1 aliphatic rings. The van der Waals surface area contributed by atoms with E-state index in [2.05, 4.69) is 22.0 Å². The van der Waals surface area contributed by atoms with Crippen LogP contribution in [0.1, 0.15) is 22.8 Å². The number of anilines is 1. The van der Waals surface area contributed by atoms with Crippen LogP contribution in [0.15, 0.2) is 72.8 Å². The minimum absolute atomic E-state index is 0.00433. The summed E-state index contributed by atoms with van der Waals surface area (Å²) >= 11 is 6.31. The van der Waals surface area contributed by atoms with Crippen molar-refractivity contribution >= 4 is 40.0 Å². The van der Waals surface area contributed by atoms with Gasteiger partial charge in [-0.3, -0.25) is 4.79 Å². The molecule has 36 heavy (non-hydrogen) atoms. The number of piperazine rings is 1. The molecule has 0 N–H and O–H groups in total. The Morgan fingerprint density at radius 3 is 2.58 bits per heavy atom. The molecule has 6 rings (SSSR count). The largest absolute Gasteiger partial charge is 0.338 e. The van der Waals surface area contributed by atoms with Gasteiger partial charge >= 0.3 is 0 Å². The average molecular weight is 497 g/mol. The van der Waals surface area contributed by atoms with Gasteiger partial charge < -0.3 is 9.80 Å². The monoisotopic (exact) mass is 496 g/mol. The molecule has 2 aromatic heterocycles. The lowest BCUT2D eigenvalue weighted by atomic mass is 10.1. The van der Waals surface area contributed by atoms with Gasteiger partial charge in [0.2, 0.25) is 5.95 Å². The van der Waals surface area contributed by atoms with Gasteiger partial charge in [0.1, 0.15) is 0 Å². The minimum Gasteiger partial charge on any atom is -0.338 e. The lowest BCUT2D eigenvalue weighted by molar-refractivity contribution is 0.0673. The maximum atomic E-state index is 13.3. The molecule has 1 saturated heterocycles. The van der Waals surface area contributed by atoms with E-state index in [9.17, 15) is 4.79 Å². The molecule has 0 spiro atoms. The number of hydrogen-bond donors (Lipinski definition) is 0. The van der Waals surface area contributed by atoms with Gasteiger partial charge in [0.25, 0.3) is 5.91 Å². The summed E-state index contributed by atoms with van der Waals surface area (Å²) in [6, 6.07) is 23.4. The molecule has 0 bridgehead atoms. The zero-order valence-electron chi connectivity index (χ0n) is 20.1. The number of aromatic nitrogens is 4. The number of carbonyl (C=O) groups excluding carboxylic acids is 1. The molecule has 1 fully saturated rings. The van der Waals surface area contributed by atoms with Crippen molar-refractivity contribution in [2.75, 3.05) is 24.5 Å². The predicted molar refractivity (Wildman–Crippen MR) is 143 cm³/mol. The summed E-state index contributed by atoms with van der Waals surface area (Å²) in [6.07, 6.45) is 0. The number of benzene rings is 3. The van der Waals surface area contributed by atoms with E-state index in [1.54, 1.807) is 0 Å². The van der Waals surface area contributed by atoms with Crippen molar-refractivity contribution in [3.8, 4) is 11.4 Å². The van der Waals surface area contributed by atoms with Crippen LogP contribution in [0.2, 0.25) is 5.02 Å². The number of nitrogens with zero attached hydrogens (tertiary/aromatic N) is 6. The molecule has 180 valence electrons. The van der Waals surface area contributed by atoms with Gasteiger partial charge in [-0.05, 0) is 44.2 Å². The lowest BCUT2D eigenvalue weighted by Gasteiger charge is -2.40. The molecule has 5 aromatic rings. The van der Waals surface area contributed by atoms with Crippen molar-refractivity contribution in [1.29, 1.82) is 0 Å². The first-order chi connectivity index (χ1) is 17.5. The molecule has 8 heteroatoms. The van der Waals surface area contributed by atoms with Crippen LogP contribution >= 0.6 is 11.6 Å². The van der Waals surface area contributed by atoms with Gasteiger partial charge in [-0.15, -0.1) is 10.2 Å². The van der Waals surface area contributed by atoms with E-state index in [0.29, 0.717) is 24.7 Å². The van der Waals surface area contributed by atoms with E-state index in [4.69, 9.17) is 16.6 Å². The Hall–Kier alpha value is -3.97. The number of carbonyl (C=O) groups is 1. The highest BCUT2D eigenvalue weighted by molar-refractivity contribution is 6.31. The van der Waals surface area contributed by atoms with E-state index >= 15 is 0 Å². The fourth-order valence-corrected chi connectivity index (χ4v) is 5.13. The summed E-state index contributed by atoms with van der Waals surface area (Å²) in [6.45, 7) is 5.96. The summed E-state index contributed by atoms with van der Waals surface area (Å²) < 4.78 is 2.02. The lowest BCUT2D eigenvalue weighted by Crippen LogP contribution is -2.54. The van der Waals surface area contributed by atoms with Gasteiger partial charge in [0.05, 0.1) is 5.52 Å². The number of aryl methyl sites for hydroxylation is 1. The molecule has 1 atom stereocenters. The maximum absolute atomic E-state index is 13.3. The number of amides is 1. The standard InChI is InChI=1S/C28H25ClN6O/c1-18-7-6-10-21(15-18)27(36)34-14-13-33(17-19(34)2)28-30-24-16-22(29)11-12-23(24)26-32-31-25(35(26)28)20-8-4-3-5-9-20/h3-12,15-16,19H,13-14,17H2,1-2H3. The normalized spacial score (nSPS) is 16.1. The molecular weight excluding hydrogens is 472 g/mol. The predicted octanol–water partition coefficient (Wildman–Crippen LogP) is 5.26. The first-order valence-electron chi connectivity index (χ1n) is 12.0. The van der Waals surface area contributed by atoms with Crippen LogP contribution < -0.4 is 4.90 Å². The molecule has 0 radical (unpaired) electrons. The zero-order valence-corrected chi connectivity index (χ0v) is 20.9. The van der Waals surface area contributed by atoms with Gasteiger partial charge in [-0.25, -0.2) is 9.38 Å². The van der Waals surface area contributed by atoms with Crippen LogP contribution in [0.25, 0.3) is 27.9 Å². The van der Waals surface area contributed by atoms with E-state index in [1.807, 2.05) is 89.0 Å². The van der Waals surface area contributed by atoms with Crippen LogP contribution in [0.3, 0.4) is 0 Å². The topological polar surface area (TPSA) is 66.6 Å². The fourth-order valence-electron chi connectivity index (χ4n) is 4.96. The van der Waals surface area contributed by atoms with E-state index in [1.165, 1.54) is 0 Å². The molecule has 1 aliphatic heterocycles. The van der Waals surface area contributed by atoms with Crippen molar-refractivity contribution in [2.45, 2.75) is 19.9 Å². The highest BCUT2D eigenvalue weighted by atomic mass is 35.5. The molecule has 3 aromatic carbocycles. The molecule has 1 unspecified atom stereocenters.